The van der Waals surface area contributed by atoms with Gasteiger partial charge in [-0.2, -0.15) is 0 Å². The number of hydrogen-bond donors (Lipinski definition) is 3. The highest BCUT2D eigenvalue weighted by Crippen LogP contribution is 2.19. The van der Waals surface area contributed by atoms with Gasteiger partial charge in [-0.15, -0.1) is 0 Å². The van der Waals surface area contributed by atoms with Gasteiger partial charge < -0.3 is 10.2 Å². The fraction of sp³-hybridized carbons (Fsp3) is 0.222. The molecule has 3 rings (SSSR count). The largest absolute Gasteiger partial charge is 0.336 e. The van der Waals surface area contributed by atoms with Crippen LogP contribution < -0.4 is 16.2 Å². The molecular weight excluding hydrogens is 370 g/mol. The number of amides is 4. The summed E-state index contributed by atoms with van der Waals surface area (Å²) in [6, 6.07) is 8.74. The number of carbonyl (C=O) groups excluding carboxylic acids is 3. The Labute approximate surface area is 160 Å². The van der Waals surface area contributed by atoms with Gasteiger partial charge in [0, 0.05) is 12.7 Å². The molecule has 27 heavy (non-hydrogen) atoms. The van der Waals surface area contributed by atoms with Crippen molar-refractivity contribution in [3.63, 3.8) is 0 Å². The lowest BCUT2D eigenvalue weighted by Gasteiger charge is -2.24. The van der Waals surface area contributed by atoms with Crippen LogP contribution in [0.15, 0.2) is 48.8 Å². The highest BCUT2D eigenvalue weighted by Gasteiger charge is 2.34. The molecule has 1 aliphatic heterocycles. The first-order valence-electron chi connectivity index (χ1n) is 8.38. The summed E-state index contributed by atoms with van der Waals surface area (Å²) in [6.45, 7) is 0.416. The number of anilines is 1. The van der Waals surface area contributed by atoms with Crippen LogP contribution >= 0.6 is 11.6 Å². The van der Waals surface area contributed by atoms with E-state index in [1.54, 1.807) is 42.6 Å². The quantitative estimate of drug-likeness (QED) is 0.702. The first-order valence-corrected chi connectivity index (χ1v) is 8.76. The zero-order chi connectivity index (χ0) is 19.2. The molecule has 2 aromatic rings. The fourth-order valence-corrected chi connectivity index (χ4v) is 3.06. The minimum absolute atomic E-state index is 0.242. The topological polar surface area (TPSA) is 103 Å². The average molecular weight is 388 g/mol. The second-order valence-corrected chi connectivity index (χ2v) is 6.35. The van der Waals surface area contributed by atoms with Crippen molar-refractivity contribution in [2.24, 2.45) is 0 Å². The number of urea groups is 1. The summed E-state index contributed by atoms with van der Waals surface area (Å²) in [5.74, 6) is -0.836. The molecule has 0 spiro atoms. The SMILES string of the molecule is O=C(NNC(=O)N1CCCC1C(=O)Nc1cccnc1)c1ccccc1Cl. The predicted octanol–water partition coefficient (Wildman–Crippen LogP) is 2.19. The molecule has 1 saturated heterocycles. The molecule has 1 atom stereocenters. The van der Waals surface area contributed by atoms with E-state index in [9.17, 15) is 14.4 Å². The Morgan fingerprint density at radius 3 is 2.67 bits per heavy atom. The zero-order valence-corrected chi connectivity index (χ0v) is 15.1. The van der Waals surface area contributed by atoms with E-state index < -0.39 is 18.0 Å². The molecule has 3 N–H and O–H groups in total. The van der Waals surface area contributed by atoms with Crippen LogP contribution in [0.5, 0.6) is 0 Å². The number of pyridine rings is 1. The molecule has 0 radical (unpaired) electrons. The molecular formula is C18H18ClN5O3. The first-order chi connectivity index (χ1) is 13.1. The van der Waals surface area contributed by atoms with Crippen molar-refractivity contribution in [2.75, 3.05) is 11.9 Å². The molecule has 0 saturated carbocycles. The minimum atomic E-state index is -0.623. The molecule has 2 heterocycles. The summed E-state index contributed by atoms with van der Waals surface area (Å²) in [4.78, 5) is 42.3. The van der Waals surface area contributed by atoms with Crippen LogP contribution in [0.2, 0.25) is 5.02 Å². The molecule has 140 valence electrons. The van der Waals surface area contributed by atoms with Crippen LogP contribution in [-0.4, -0.2) is 40.3 Å². The molecule has 0 bridgehead atoms. The zero-order valence-electron chi connectivity index (χ0n) is 14.3. The summed E-state index contributed by atoms with van der Waals surface area (Å²) in [7, 11) is 0. The second-order valence-electron chi connectivity index (χ2n) is 5.95. The first kappa shape index (κ1) is 18.7. The summed E-state index contributed by atoms with van der Waals surface area (Å²) in [5.41, 5.74) is 5.45. The molecule has 1 fully saturated rings. The third kappa shape index (κ3) is 4.53. The molecule has 1 aromatic heterocycles. The van der Waals surface area contributed by atoms with E-state index in [-0.39, 0.29) is 16.5 Å². The summed E-state index contributed by atoms with van der Waals surface area (Å²) < 4.78 is 0. The van der Waals surface area contributed by atoms with Gasteiger partial charge in [0.1, 0.15) is 6.04 Å². The maximum absolute atomic E-state index is 12.5. The van der Waals surface area contributed by atoms with Crippen LogP contribution in [0, 0.1) is 0 Å². The van der Waals surface area contributed by atoms with Crippen molar-refractivity contribution in [1.29, 1.82) is 0 Å². The van der Waals surface area contributed by atoms with Gasteiger partial charge in [0.15, 0.2) is 0 Å². The van der Waals surface area contributed by atoms with Gasteiger partial charge in [-0.1, -0.05) is 23.7 Å². The number of likely N-dealkylation sites (tertiary alicyclic amines) is 1. The van der Waals surface area contributed by atoms with Gasteiger partial charge in [0.05, 0.1) is 22.5 Å². The van der Waals surface area contributed by atoms with Crippen molar-refractivity contribution >= 4 is 35.1 Å². The molecule has 4 amide bonds. The molecule has 1 aromatic carbocycles. The van der Waals surface area contributed by atoms with Gasteiger partial charge in [-0.05, 0) is 37.1 Å². The normalized spacial score (nSPS) is 15.9. The van der Waals surface area contributed by atoms with Gasteiger partial charge >= 0.3 is 6.03 Å². The number of halogens is 1. The number of hydrazine groups is 1. The van der Waals surface area contributed by atoms with Crippen LogP contribution in [0.1, 0.15) is 23.2 Å². The fourth-order valence-electron chi connectivity index (χ4n) is 2.84. The molecule has 0 aliphatic carbocycles. The summed E-state index contributed by atoms with van der Waals surface area (Å²) >= 11 is 5.96. The van der Waals surface area contributed by atoms with Gasteiger partial charge in [0.2, 0.25) is 5.91 Å². The van der Waals surface area contributed by atoms with Crippen molar-refractivity contribution in [1.82, 2.24) is 20.7 Å². The van der Waals surface area contributed by atoms with Gasteiger partial charge in [-0.25, -0.2) is 10.2 Å². The summed E-state index contributed by atoms with van der Waals surface area (Å²) in [5, 5.41) is 3.02. The Morgan fingerprint density at radius 2 is 1.93 bits per heavy atom. The average Bonchev–Trinajstić information content (AvgIpc) is 3.17. The van der Waals surface area contributed by atoms with Crippen molar-refractivity contribution in [3.05, 3.63) is 59.4 Å². The third-order valence-electron chi connectivity index (χ3n) is 4.15. The maximum atomic E-state index is 12.5. The van der Waals surface area contributed by atoms with E-state index >= 15 is 0 Å². The van der Waals surface area contributed by atoms with Gasteiger partial charge in [0.25, 0.3) is 5.91 Å². The Bertz CT molecular complexity index is 846. The second kappa shape index (κ2) is 8.50. The third-order valence-corrected chi connectivity index (χ3v) is 4.48. The van der Waals surface area contributed by atoms with E-state index in [0.717, 1.165) is 0 Å². The Hall–Kier alpha value is -3.13. The van der Waals surface area contributed by atoms with Crippen molar-refractivity contribution < 1.29 is 14.4 Å². The van der Waals surface area contributed by atoms with E-state index in [4.69, 9.17) is 11.6 Å². The highest BCUT2D eigenvalue weighted by molar-refractivity contribution is 6.33. The van der Waals surface area contributed by atoms with Crippen molar-refractivity contribution in [3.8, 4) is 0 Å². The van der Waals surface area contributed by atoms with Crippen LogP contribution in [-0.2, 0) is 4.79 Å². The van der Waals surface area contributed by atoms with Crippen LogP contribution in [0.25, 0.3) is 0 Å². The lowest BCUT2D eigenvalue weighted by Crippen LogP contribution is -2.52. The number of carbonyl (C=O) groups is 3. The molecule has 9 heteroatoms. The molecule has 8 nitrogen and oxygen atoms in total. The van der Waals surface area contributed by atoms with Gasteiger partial charge in [-0.3, -0.25) is 20.0 Å². The van der Waals surface area contributed by atoms with E-state index in [1.807, 2.05) is 0 Å². The standard InChI is InChI=1S/C18H18ClN5O3/c19-14-7-2-1-6-13(14)16(25)22-23-18(27)24-10-4-8-15(24)17(26)21-12-5-3-9-20-11-12/h1-3,5-7,9,11,15H,4,8,10H2,(H,21,26)(H,22,25)(H,23,27). The smallest absolute Gasteiger partial charge is 0.323 e. The number of benzene rings is 1. The van der Waals surface area contributed by atoms with Crippen LogP contribution in [0.4, 0.5) is 10.5 Å². The molecule has 1 aliphatic rings. The van der Waals surface area contributed by atoms with E-state index in [0.29, 0.717) is 25.1 Å². The van der Waals surface area contributed by atoms with E-state index in [1.165, 1.54) is 11.1 Å². The lowest BCUT2D eigenvalue weighted by atomic mass is 10.2. The molecule has 1 unspecified atom stereocenters. The Morgan fingerprint density at radius 1 is 1.11 bits per heavy atom. The van der Waals surface area contributed by atoms with E-state index in [2.05, 4.69) is 21.2 Å². The number of rotatable bonds is 3. The maximum Gasteiger partial charge on any atom is 0.336 e. The van der Waals surface area contributed by atoms with Crippen LogP contribution in [0.3, 0.4) is 0 Å². The monoisotopic (exact) mass is 387 g/mol. The Balaban J connectivity index is 1.58. The minimum Gasteiger partial charge on any atom is -0.323 e. The highest BCUT2D eigenvalue weighted by atomic mass is 35.5. The Kier molecular flexibility index (Phi) is 5.87. The number of nitrogens with one attached hydrogen (secondary N) is 3. The lowest BCUT2D eigenvalue weighted by molar-refractivity contribution is -0.119. The number of nitrogens with zero attached hydrogens (tertiary/aromatic N) is 2. The number of hydrogen-bond acceptors (Lipinski definition) is 4. The van der Waals surface area contributed by atoms with Crippen molar-refractivity contribution in [2.45, 2.75) is 18.9 Å². The summed E-state index contributed by atoms with van der Waals surface area (Å²) in [6.07, 6.45) is 4.36. The predicted molar refractivity (Wildman–Crippen MR) is 100 cm³/mol. The number of aromatic nitrogens is 1.